The number of nitrogens with zero attached hydrogens (tertiary/aromatic N) is 2. The maximum atomic E-state index is 14.5. The molecule has 2 rings (SSSR count). The van der Waals surface area contributed by atoms with Crippen LogP contribution in [-0.2, 0) is 104 Å². The minimum absolute atomic E-state index is 0.00673. The number of guanidine groups is 2. The van der Waals surface area contributed by atoms with E-state index in [9.17, 15) is 106 Å². The van der Waals surface area contributed by atoms with Gasteiger partial charge in [-0.25, -0.2) is 4.39 Å². The predicted octanol–water partition coefficient (Wildman–Crippen LogP) is -11.8. The van der Waals surface area contributed by atoms with Crippen LogP contribution in [0, 0.1) is 11.7 Å². The molecule has 0 radical (unpaired) electrons. The van der Waals surface area contributed by atoms with E-state index in [1.807, 2.05) is 0 Å². The lowest BCUT2D eigenvalue weighted by Crippen LogP contribution is -2.61. The van der Waals surface area contributed by atoms with Gasteiger partial charge in [-0.1, -0.05) is 56.3 Å². The molecule has 2 aromatic rings. The Morgan fingerprint density at radius 2 is 0.737 bits per heavy atom. The first kappa shape index (κ1) is 116. The SMILES string of the molecule is CC(C)C[C@H](NC(=O)[C@H](CCCCN)NC(=O)[C@H](CCCN=C(N)N)NC(=O)[C@H](C)NC(=O)[C@H](CO)NC(=O)[C@H](CCCCN)NC(=O)[C@H](CCCN=C(N)N)NC(=O)[C@H](C)NC(=O)CNC(=O)[C@@H](NC(=O)[C@H](Cc1ccc(F)cc1)NC(=O)CNC(=O)CNC(=O)[C@@H](N)Cc1ccccc1)[C@@H](C)O)C(=O)N[C@@H](CCCCN)C(=O)N[C@@H](CC(N)=O)C(=O)N[C@@H](CCC(N)=O)C(N)=O. The maximum Gasteiger partial charge on any atom is 0.245 e. The highest BCUT2D eigenvalue weighted by Crippen LogP contribution is 2.15. The van der Waals surface area contributed by atoms with Crippen molar-refractivity contribution in [2.45, 2.75) is 247 Å². The number of halogens is 1. The van der Waals surface area contributed by atoms with Crippen LogP contribution in [0.3, 0.4) is 0 Å². The van der Waals surface area contributed by atoms with Gasteiger partial charge in [0.1, 0.15) is 84.4 Å². The molecule has 50 nitrogen and oxygen atoms in total. The van der Waals surface area contributed by atoms with Crippen LogP contribution in [0.2, 0.25) is 0 Å². The number of aliphatic hydroxyl groups is 2. The van der Waals surface area contributed by atoms with Crippen molar-refractivity contribution in [3.8, 4) is 0 Å². The lowest BCUT2D eigenvalue weighted by atomic mass is 10.00. The smallest absolute Gasteiger partial charge is 0.245 e. The zero-order valence-corrected chi connectivity index (χ0v) is 75.5. The Morgan fingerprint density at radius 3 is 1.17 bits per heavy atom. The van der Waals surface area contributed by atoms with Gasteiger partial charge in [0.25, 0.3) is 0 Å². The number of aliphatic imine (C=N–C) groups is 2. The number of amides is 19. The minimum Gasteiger partial charge on any atom is -0.394 e. The van der Waals surface area contributed by atoms with Gasteiger partial charge in [0.15, 0.2) is 11.9 Å². The molecule has 40 N–H and O–H groups in total. The summed E-state index contributed by atoms with van der Waals surface area (Å²) < 4.78 is 13.9. The number of hydrogen-bond acceptors (Lipinski definition) is 27. The van der Waals surface area contributed by atoms with Gasteiger partial charge in [0, 0.05) is 25.9 Å². The number of hydrogen-bond donors (Lipinski definition) is 29. The average Bonchev–Trinajstić information content (AvgIpc) is 0.870. The summed E-state index contributed by atoms with van der Waals surface area (Å²) in [5.74, 6) is -20.5. The van der Waals surface area contributed by atoms with Crippen molar-refractivity contribution in [1.29, 1.82) is 0 Å². The van der Waals surface area contributed by atoms with Crippen molar-refractivity contribution in [1.82, 2.24) is 85.1 Å². The maximum absolute atomic E-state index is 14.5. The van der Waals surface area contributed by atoms with E-state index < -0.39 is 241 Å². The van der Waals surface area contributed by atoms with Crippen LogP contribution >= 0.6 is 0 Å². The standard InChI is InChI=1S/C82H136FN29O21/c1-43(2)35-57(76(129)108-53(20-10-13-31-85)74(127)110-59(38-62(89)116)77(130)103-51(67(90)120)28-29-61(88)115)109-73(126)52(19-9-12-30-84)106-72(125)56(23-16-34-96-82(93)94)105-69(122)45(4)101-79(132)60(42-113)111-75(128)54(21-11-14-32-86)107-71(124)55(22-15-33-95-81(91)92)104-68(121)44(3)100-64(118)41-99-80(133)66(46(5)114)112-78(131)58(37-48-24-26-49(83)27-25-48)102-65(119)40-97-63(117)39-98-70(123)50(87)36-47-17-7-6-8-18-47/h6-8,17-18,24-27,43-46,50-60,66,113-114H,9-16,19-23,28-42,84-87H2,1-5H3,(H2,88,115)(H2,89,116)(H2,90,120)(H,97,117)(H,98,123)(H,99,133)(H,100,118)(H,101,132)(H,102,119)(H,103,130)(H,104,121)(H,105,122)(H,106,125)(H,107,124)(H,108,129)(H,109,126)(H,110,127)(H,111,128)(H,112,131)(H4,91,92,95)(H4,93,94,96)/t44-,45-,46+,50-,51-,52-,53-,54-,55-,56-,57-,58-,59-,60-,66-/m0/s1. The van der Waals surface area contributed by atoms with Crippen molar-refractivity contribution in [3.63, 3.8) is 0 Å². The van der Waals surface area contributed by atoms with E-state index in [0.717, 1.165) is 24.6 Å². The fourth-order valence-corrected chi connectivity index (χ4v) is 12.7. The first-order valence-electron chi connectivity index (χ1n) is 43.5. The van der Waals surface area contributed by atoms with Gasteiger partial charge in [-0.05, 0) is 172 Å². The molecule has 2 aromatic carbocycles. The summed E-state index contributed by atoms with van der Waals surface area (Å²) >= 11 is 0. The number of unbranched alkanes of at least 4 members (excludes halogenated alkanes) is 3. The number of primary amides is 3. The molecule has 133 heavy (non-hydrogen) atoms. The topological polar surface area (TPSA) is 868 Å². The second kappa shape index (κ2) is 62.8. The number of benzene rings is 2. The van der Waals surface area contributed by atoms with Crippen LogP contribution in [0.5, 0.6) is 0 Å². The third kappa shape index (κ3) is 47.8. The molecule has 0 unspecified atom stereocenters. The van der Waals surface area contributed by atoms with E-state index in [1.165, 1.54) is 26.0 Å². The minimum atomic E-state index is -1.86. The number of nitrogens with two attached hydrogens (primary N) is 11. The molecule has 0 aliphatic heterocycles. The molecule has 0 saturated heterocycles. The predicted molar refractivity (Wildman–Crippen MR) is 482 cm³/mol. The Kier molecular flexibility index (Phi) is 54.6. The molecule has 0 spiro atoms. The van der Waals surface area contributed by atoms with Crippen LogP contribution in [0.15, 0.2) is 64.6 Å². The van der Waals surface area contributed by atoms with Crippen molar-refractivity contribution in [3.05, 3.63) is 71.5 Å². The largest absolute Gasteiger partial charge is 0.394 e. The summed E-state index contributed by atoms with van der Waals surface area (Å²) in [6.45, 7) is 3.84. The number of rotatable bonds is 66. The number of aliphatic hydroxyl groups excluding tert-OH is 2. The fourth-order valence-electron chi connectivity index (χ4n) is 12.7. The summed E-state index contributed by atoms with van der Waals surface area (Å²) in [4.78, 5) is 265. The van der Waals surface area contributed by atoms with Crippen LogP contribution in [0.25, 0.3) is 0 Å². The average molecular weight is 1880 g/mol. The van der Waals surface area contributed by atoms with Gasteiger partial charge in [-0.3, -0.25) is 101 Å². The van der Waals surface area contributed by atoms with E-state index in [2.05, 4.69) is 95.1 Å². The highest BCUT2D eigenvalue weighted by molar-refractivity contribution is 6.01. The summed E-state index contributed by atoms with van der Waals surface area (Å²) in [5.41, 5.74) is 62.6. The molecule has 0 bridgehead atoms. The Bertz CT molecular complexity index is 4240. The zero-order valence-electron chi connectivity index (χ0n) is 75.5. The molecule has 0 aromatic heterocycles. The van der Waals surface area contributed by atoms with Crippen LogP contribution in [-0.4, -0.2) is 284 Å². The molecule has 15 atom stereocenters. The van der Waals surface area contributed by atoms with E-state index in [0.29, 0.717) is 24.8 Å². The second-order valence-electron chi connectivity index (χ2n) is 31.9. The Balaban J connectivity index is 2.36. The number of carbonyl (C=O) groups is 19. The molecule has 0 fully saturated rings. The lowest BCUT2D eigenvalue weighted by Gasteiger charge is -2.28. The monoisotopic (exact) mass is 1880 g/mol. The third-order valence-corrected chi connectivity index (χ3v) is 19.9. The summed E-state index contributed by atoms with van der Waals surface area (Å²) in [7, 11) is 0. The summed E-state index contributed by atoms with van der Waals surface area (Å²) in [6.07, 6.45) is -2.68. The molecule has 0 aliphatic rings. The summed E-state index contributed by atoms with van der Waals surface area (Å²) in [5, 5.41) is 60.0. The van der Waals surface area contributed by atoms with Crippen molar-refractivity contribution in [2.24, 2.45) is 79.0 Å². The van der Waals surface area contributed by atoms with E-state index in [4.69, 9.17) is 63.1 Å². The first-order chi connectivity index (χ1) is 62.8. The van der Waals surface area contributed by atoms with E-state index >= 15 is 0 Å². The van der Waals surface area contributed by atoms with Crippen LogP contribution in [0.4, 0.5) is 4.39 Å². The molecular formula is C82H136FN29O21. The van der Waals surface area contributed by atoms with Gasteiger partial charge in [-0.15, -0.1) is 0 Å². The highest BCUT2D eigenvalue weighted by atomic mass is 19.1. The van der Waals surface area contributed by atoms with E-state index in [-0.39, 0.29) is 147 Å². The molecular weight excluding hydrogens is 1750 g/mol. The Hall–Kier alpha value is -13.4. The van der Waals surface area contributed by atoms with Crippen molar-refractivity contribution in [2.75, 3.05) is 59.0 Å². The molecule has 0 saturated carbocycles. The quantitative estimate of drug-likeness (QED) is 0.0166. The Morgan fingerprint density at radius 1 is 0.361 bits per heavy atom. The van der Waals surface area contributed by atoms with Crippen LogP contribution in [0.1, 0.15) is 155 Å². The van der Waals surface area contributed by atoms with E-state index in [1.54, 1.807) is 44.2 Å². The zero-order chi connectivity index (χ0) is 100.0. The second-order valence-corrected chi connectivity index (χ2v) is 31.9. The van der Waals surface area contributed by atoms with Gasteiger partial charge < -0.3 is 158 Å². The van der Waals surface area contributed by atoms with Crippen LogP contribution < -0.4 is 148 Å². The Labute approximate surface area is 768 Å². The first-order valence-corrected chi connectivity index (χ1v) is 43.5. The van der Waals surface area contributed by atoms with Crippen molar-refractivity contribution < 1.29 is 106 Å². The molecule has 0 aliphatic carbocycles. The molecule has 19 amide bonds. The lowest BCUT2D eigenvalue weighted by molar-refractivity contribution is -0.136. The molecule has 742 valence electrons. The number of carbonyl (C=O) groups excluding carboxylic acids is 19. The summed E-state index contributed by atoms with van der Waals surface area (Å²) in [6, 6.07) is -7.95. The molecule has 0 heterocycles. The van der Waals surface area contributed by atoms with Crippen molar-refractivity contribution >= 4 is 124 Å². The highest BCUT2D eigenvalue weighted by Gasteiger charge is 2.38. The van der Waals surface area contributed by atoms with Gasteiger partial charge >= 0.3 is 0 Å². The van der Waals surface area contributed by atoms with Gasteiger partial charge in [0.2, 0.25) is 112 Å². The van der Waals surface area contributed by atoms with Gasteiger partial charge in [-0.2, -0.15) is 0 Å². The fraction of sp³-hybridized carbons (Fsp3) is 0.598. The normalized spacial score (nSPS) is 14.4. The third-order valence-electron chi connectivity index (χ3n) is 19.9. The molecule has 51 heteroatoms. The number of nitrogens with one attached hydrogen (secondary N) is 16. The van der Waals surface area contributed by atoms with Gasteiger partial charge in [0.05, 0.1) is 44.8 Å².